The molecule has 4 N–H and O–H groups in total. The summed E-state index contributed by atoms with van der Waals surface area (Å²) in [6.45, 7) is 0.0929. The van der Waals surface area contributed by atoms with Crippen molar-refractivity contribution in [3.63, 3.8) is 0 Å². The lowest BCUT2D eigenvalue weighted by Crippen LogP contribution is -2.15. The molecule has 0 amide bonds. The Morgan fingerprint density at radius 1 is 1.19 bits per heavy atom. The second kappa shape index (κ2) is 6.21. The lowest BCUT2D eigenvalue weighted by Gasteiger charge is -2.14. The number of anilines is 1. The Morgan fingerprint density at radius 2 is 1.86 bits per heavy atom. The molecular weight excluding hydrogens is 295 g/mol. The highest BCUT2D eigenvalue weighted by Gasteiger charge is 2.13. The van der Waals surface area contributed by atoms with Gasteiger partial charge in [-0.15, -0.1) is 0 Å². The summed E-state index contributed by atoms with van der Waals surface area (Å²) in [6, 6.07) is 12.2. The van der Waals surface area contributed by atoms with E-state index >= 15 is 0 Å². The normalized spacial score (nSPS) is 12.9. The monoisotopic (exact) mass is 310 g/mol. The first-order valence-corrected chi connectivity index (χ1v) is 7.72. The van der Waals surface area contributed by atoms with Crippen LogP contribution in [-0.2, 0) is 10.0 Å². The van der Waals surface area contributed by atoms with Gasteiger partial charge in [-0.2, -0.15) is 0 Å². The third kappa shape index (κ3) is 4.01. The zero-order valence-corrected chi connectivity index (χ0v) is 11.8. The lowest BCUT2D eigenvalue weighted by atomic mass is 10.1. The zero-order chi connectivity index (χ0) is 15.5. The van der Waals surface area contributed by atoms with E-state index in [9.17, 15) is 17.9 Å². The largest absolute Gasteiger partial charge is 0.387 e. The van der Waals surface area contributed by atoms with Gasteiger partial charge in [0.05, 0.1) is 16.7 Å². The van der Waals surface area contributed by atoms with Gasteiger partial charge in [-0.05, 0) is 23.8 Å². The summed E-state index contributed by atoms with van der Waals surface area (Å²) in [5.74, 6) is -0.748. The molecule has 1 unspecified atom stereocenters. The summed E-state index contributed by atoms with van der Waals surface area (Å²) in [5.41, 5.74) is 0.795. The molecule has 0 aliphatic heterocycles. The molecule has 7 heteroatoms. The fraction of sp³-hybridized carbons (Fsp3) is 0.143. The van der Waals surface area contributed by atoms with Crippen molar-refractivity contribution in [2.24, 2.45) is 5.14 Å². The van der Waals surface area contributed by atoms with Gasteiger partial charge >= 0.3 is 0 Å². The van der Waals surface area contributed by atoms with Crippen LogP contribution in [0, 0.1) is 5.82 Å². The van der Waals surface area contributed by atoms with Gasteiger partial charge in [0, 0.05) is 6.54 Å². The molecule has 21 heavy (non-hydrogen) atoms. The molecule has 2 aromatic rings. The molecule has 0 heterocycles. The molecule has 0 aliphatic carbocycles. The number of rotatable bonds is 5. The highest BCUT2D eigenvalue weighted by Crippen LogP contribution is 2.20. The summed E-state index contributed by atoms with van der Waals surface area (Å²) >= 11 is 0. The van der Waals surface area contributed by atoms with E-state index in [1.165, 1.54) is 12.1 Å². The molecule has 0 fully saturated rings. The first-order chi connectivity index (χ1) is 9.88. The quantitative estimate of drug-likeness (QED) is 0.782. The number of primary sulfonamides is 1. The minimum atomic E-state index is -3.93. The van der Waals surface area contributed by atoms with Gasteiger partial charge in [-0.25, -0.2) is 17.9 Å². The van der Waals surface area contributed by atoms with Crippen LogP contribution in [0.1, 0.15) is 11.7 Å². The van der Waals surface area contributed by atoms with Gasteiger partial charge < -0.3 is 10.4 Å². The minimum absolute atomic E-state index is 0.0929. The molecule has 1 atom stereocenters. The average Bonchev–Trinajstić information content (AvgIpc) is 2.45. The number of benzene rings is 2. The van der Waals surface area contributed by atoms with Gasteiger partial charge in [0.15, 0.2) is 0 Å². The summed E-state index contributed by atoms with van der Waals surface area (Å²) in [7, 11) is -3.93. The Balaban J connectivity index is 2.07. The number of hydrogen-bond donors (Lipinski definition) is 3. The third-order valence-electron chi connectivity index (χ3n) is 2.94. The molecule has 0 saturated carbocycles. The van der Waals surface area contributed by atoms with Crippen LogP contribution in [0.3, 0.4) is 0 Å². The van der Waals surface area contributed by atoms with Crippen molar-refractivity contribution < 1.29 is 17.9 Å². The number of nitrogens with one attached hydrogen (secondary N) is 1. The fourth-order valence-corrected chi connectivity index (χ4v) is 2.34. The Kier molecular flexibility index (Phi) is 4.56. The van der Waals surface area contributed by atoms with E-state index in [2.05, 4.69) is 5.32 Å². The van der Waals surface area contributed by atoms with Crippen molar-refractivity contribution >= 4 is 15.7 Å². The Morgan fingerprint density at radius 3 is 2.43 bits per heavy atom. The average molecular weight is 310 g/mol. The van der Waals surface area contributed by atoms with Gasteiger partial charge in [-0.3, -0.25) is 0 Å². The first kappa shape index (κ1) is 15.4. The predicted molar refractivity (Wildman–Crippen MR) is 77.7 cm³/mol. The highest BCUT2D eigenvalue weighted by atomic mass is 32.2. The maximum atomic E-state index is 13.8. The Hall–Kier alpha value is -1.96. The van der Waals surface area contributed by atoms with Crippen molar-refractivity contribution in [3.05, 3.63) is 59.9 Å². The predicted octanol–water partition coefficient (Wildman–Crippen LogP) is 1.62. The van der Waals surface area contributed by atoms with Crippen molar-refractivity contribution in [3.8, 4) is 0 Å². The number of sulfonamides is 1. The molecule has 112 valence electrons. The molecule has 0 radical (unpaired) electrons. The standard InChI is InChI=1S/C14H15FN2O3S/c15-12-8-11(21(16,19)20)6-7-13(12)17-9-14(18)10-4-2-1-3-5-10/h1-8,14,17-18H,9H2,(H2,16,19,20). The van der Waals surface area contributed by atoms with E-state index in [-0.39, 0.29) is 17.1 Å². The first-order valence-electron chi connectivity index (χ1n) is 6.17. The molecular formula is C14H15FN2O3S. The van der Waals surface area contributed by atoms with E-state index in [0.29, 0.717) is 5.56 Å². The van der Waals surface area contributed by atoms with Crippen LogP contribution in [0.25, 0.3) is 0 Å². The number of nitrogens with two attached hydrogens (primary N) is 1. The van der Waals surface area contributed by atoms with E-state index in [0.717, 1.165) is 6.07 Å². The SMILES string of the molecule is NS(=O)(=O)c1ccc(NCC(O)c2ccccc2)c(F)c1. The molecule has 0 aromatic heterocycles. The van der Waals surface area contributed by atoms with Gasteiger partial charge in [0.2, 0.25) is 10.0 Å². The summed E-state index contributed by atoms with van der Waals surface area (Å²) in [5, 5.41) is 17.6. The molecule has 2 aromatic carbocycles. The van der Waals surface area contributed by atoms with E-state index in [1.54, 1.807) is 24.3 Å². The summed E-state index contributed by atoms with van der Waals surface area (Å²) < 4.78 is 36.0. The number of aliphatic hydroxyl groups excluding tert-OH is 1. The van der Waals surface area contributed by atoms with E-state index < -0.39 is 21.9 Å². The van der Waals surface area contributed by atoms with Crippen molar-refractivity contribution in [1.82, 2.24) is 0 Å². The number of aliphatic hydroxyl groups is 1. The topological polar surface area (TPSA) is 92.4 Å². The maximum Gasteiger partial charge on any atom is 0.238 e. The van der Waals surface area contributed by atoms with Crippen LogP contribution in [0.4, 0.5) is 10.1 Å². The smallest absolute Gasteiger partial charge is 0.238 e. The highest BCUT2D eigenvalue weighted by molar-refractivity contribution is 7.89. The van der Waals surface area contributed by atoms with E-state index in [4.69, 9.17) is 5.14 Å². The van der Waals surface area contributed by atoms with Crippen LogP contribution in [0.2, 0.25) is 0 Å². The van der Waals surface area contributed by atoms with Crippen LogP contribution in [-0.4, -0.2) is 20.1 Å². The third-order valence-corrected chi connectivity index (χ3v) is 3.85. The molecule has 0 bridgehead atoms. The second-order valence-corrected chi connectivity index (χ2v) is 6.06. The molecule has 0 spiro atoms. The van der Waals surface area contributed by atoms with Crippen LogP contribution < -0.4 is 10.5 Å². The number of halogens is 1. The minimum Gasteiger partial charge on any atom is -0.387 e. The lowest BCUT2D eigenvalue weighted by molar-refractivity contribution is 0.191. The van der Waals surface area contributed by atoms with E-state index in [1.807, 2.05) is 6.07 Å². The van der Waals surface area contributed by atoms with Gasteiger partial charge in [0.1, 0.15) is 5.82 Å². The molecule has 0 saturated heterocycles. The van der Waals surface area contributed by atoms with Crippen LogP contribution in [0.5, 0.6) is 0 Å². The molecule has 2 rings (SSSR count). The Labute approximate surface area is 122 Å². The Bertz CT molecular complexity index is 720. The van der Waals surface area contributed by atoms with Crippen molar-refractivity contribution in [2.75, 3.05) is 11.9 Å². The molecule has 0 aliphatic rings. The summed E-state index contributed by atoms with van der Waals surface area (Å²) in [6.07, 6.45) is -0.802. The second-order valence-electron chi connectivity index (χ2n) is 4.49. The maximum absolute atomic E-state index is 13.8. The van der Waals surface area contributed by atoms with Gasteiger partial charge in [-0.1, -0.05) is 30.3 Å². The van der Waals surface area contributed by atoms with Crippen molar-refractivity contribution in [1.29, 1.82) is 0 Å². The van der Waals surface area contributed by atoms with Crippen LogP contribution >= 0.6 is 0 Å². The number of hydrogen-bond acceptors (Lipinski definition) is 4. The van der Waals surface area contributed by atoms with Crippen molar-refractivity contribution in [2.45, 2.75) is 11.0 Å². The van der Waals surface area contributed by atoms with Gasteiger partial charge in [0.25, 0.3) is 0 Å². The van der Waals surface area contributed by atoms with Crippen LogP contribution in [0.15, 0.2) is 53.4 Å². The molecule has 5 nitrogen and oxygen atoms in total. The fourth-order valence-electron chi connectivity index (χ4n) is 1.82. The summed E-state index contributed by atoms with van der Waals surface area (Å²) in [4.78, 5) is -0.297. The zero-order valence-electron chi connectivity index (χ0n) is 11.0.